The van der Waals surface area contributed by atoms with Gasteiger partial charge < -0.3 is 25.8 Å². The van der Waals surface area contributed by atoms with Crippen molar-refractivity contribution in [1.29, 1.82) is 0 Å². The lowest BCUT2D eigenvalue weighted by atomic mass is 10.0. The highest BCUT2D eigenvalue weighted by Crippen LogP contribution is 2.29. The minimum atomic E-state index is -0.247. The molecule has 8 heteroatoms. The number of rotatable bonds is 4. The standard InChI is InChI=1S/C14H20ClN3O3.ClH/c1-20-12-6-10(16)9(15)5-8(12)14(19)18-11-3-4-17-7-13(11)21-2;/h5-6,11,13,17H,3-4,7,16H2,1-2H3,(H,18,19);1H/t11-,13-;/m1./s1. The number of piperidine rings is 1. The maximum atomic E-state index is 12.5. The van der Waals surface area contributed by atoms with E-state index in [1.807, 2.05) is 0 Å². The number of carbonyl (C=O) groups excluding carboxylic acids is 1. The quantitative estimate of drug-likeness (QED) is 0.716. The molecule has 0 bridgehead atoms. The predicted octanol–water partition coefficient (Wildman–Crippen LogP) is 1.46. The number of nitrogens with two attached hydrogens (primary N) is 1. The monoisotopic (exact) mass is 349 g/mol. The van der Waals surface area contributed by atoms with Crippen LogP contribution in [0.2, 0.25) is 5.02 Å². The Morgan fingerprint density at radius 3 is 2.82 bits per heavy atom. The van der Waals surface area contributed by atoms with Gasteiger partial charge in [0.15, 0.2) is 0 Å². The molecule has 0 aromatic heterocycles. The van der Waals surface area contributed by atoms with Gasteiger partial charge in [-0.15, -0.1) is 12.4 Å². The molecular formula is C14H21Cl2N3O3. The average Bonchev–Trinajstić information content (AvgIpc) is 2.50. The van der Waals surface area contributed by atoms with Crippen molar-refractivity contribution in [3.05, 3.63) is 22.7 Å². The smallest absolute Gasteiger partial charge is 0.255 e. The third kappa shape index (κ3) is 4.16. The van der Waals surface area contributed by atoms with Crippen LogP contribution in [0.3, 0.4) is 0 Å². The van der Waals surface area contributed by atoms with Gasteiger partial charge in [0.25, 0.3) is 5.91 Å². The van der Waals surface area contributed by atoms with Crippen molar-refractivity contribution < 1.29 is 14.3 Å². The highest BCUT2D eigenvalue weighted by molar-refractivity contribution is 6.33. The lowest BCUT2D eigenvalue weighted by Gasteiger charge is -2.31. The fourth-order valence-electron chi connectivity index (χ4n) is 2.40. The van der Waals surface area contributed by atoms with Crippen LogP contribution in [0.1, 0.15) is 16.8 Å². The molecule has 0 saturated carbocycles. The molecule has 1 amide bonds. The summed E-state index contributed by atoms with van der Waals surface area (Å²) in [6, 6.07) is 3.02. The van der Waals surface area contributed by atoms with Crippen molar-refractivity contribution >= 4 is 35.6 Å². The minimum Gasteiger partial charge on any atom is -0.496 e. The SMILES string of the molecule is COc1cc(N)c(Cl)cc1C(=O)N[C@@H]1CCNC[C@H]1OC.Cl. The average molecular weight is 350 g/mol. The van der Waals surface area contributed by atoms with E-state index in [1.165, 1.54) is 13.2 Å². The molecular weight excluding hydrogens is 329 g/mol. The van der Waals surface area contributed by atoms with Gasteiger partial charge in [-0.05, 0) is 19.0 Å². The predicted molar refractivity (Wildman–Crippen MR) is 89.2 cm³/mol. The molecule has 1 aliphatic heterocycles. The van der Waals surface area contributed by atoms with E-state index in [0.29, 0.717) is 28.6 Å². The molecule has 1 aromatic rings. The van der Waals surface area contributed by atoms with Crippen LogP contribution in [0.25, 0.3) is 0 Å². The Bertz CT molecular complexity index is 528. The largest absolute Gasteiger partial charge is 0.496 e. The summed E-state index contributed by atoms with van der Waals surface area (Å²) in [7, 11) is 3.12. The number of hydrogen-bond donors (Lipinski definition) is 3. The second-order valence-electron chi connectivity index (χ2n) is 4.92. The molecule has 1 aliphatic rings. The second kappa shape index (κ2) is 8.43. The van der Waals surface area contributed by atoms with E-state index in [-0.39, 0.29) is 30.5 Å². The maximum Gasteiger partial charge on any atom is 0.255 e. The molecule has 0 unspecified atom stereocenters. The van der Waals surface area contributed by atoms with Crippen molar-refractivity contribution in [3.63, 3.8) is 0 Å². The molecule has 0 spiro atoms. The van der Waals surface area contributed by atoms with E-state index in [1.54, 1.807) is 13.2 Å². The van der Waals surface area contributed by atoms with E-state index in [0.717, 1.165) is 13.0 Å². The molecule has 1 aromatic carbocycles. The van der Waals surface area contributed by atoms with Gasteiger partial charge in [-0.2, -0.15) is 0 Å². The van der Waals surface area contributed by atoms with Crippen LogP contribution in [0.5, 0.6) is 5.75 Å². The number of ether oxygens (including phenoxy) is 2. The van der Waals surface area contributed by atoms with Gasteiger partial charge in [-0.3, -0.25) is 4.79 Å². The highest BCUT2D eigenvalue weighted by atomic mass is 35.5. The Kier molecular flexibility index (Phi) is 7.22. The molecule has 0 aliphatic carbocycles. The molecule has 4 N–H and O–H groups in total. The number of carbonyl (C=O) groups is 1. The number of methoxy groups -OCH3 is 2. The van der Waals surface area contributed by atoms with Crippen molar-refractivity contribution in [1.82, 2.24) is 10.6 Å². The molecule has 1 fully saturated rings. The first-order valence-electron chi connectivity index (χ1n) is 6.74. The Hall–Kier alpha value is -1.21. The van der Waals surface area contributed by atoms with Crippen LogP contribution in [0.15, 0.2) is 12.1 Å². The summed E-state index contributed by atoms with van der Waals surface area (Å²) in [5.41, 5.74) is 6.46. The fourth-order valence-corrected chi connectivity index (χ4v) is 2.57. The van der Waals surface area contributed by atoms with Gasteiger partial charge in [-0.1, -0.05) is 11.6 Å². The summed E-state index contributed by atoms with van der Waals surface area (Å²) < 4.78 is 10.6. The van der Waals surface area contributed by atoms with Gasteiger partial charge in [0.2, 0.25) is 0 Å². The summed E-state index contributed by atoms with van der Waals surface area (Å²) in [4.78, 5) is 12.5. The van der Waals surface area contributed by atoms with Crippen LogP contribution in [-0.2, 0) is 4.74 Å². The van der Waals surface area contributed by atoms with Crippen molar-refractivity contribution in [3.8, 4) is 5.75 Å². The zero-order valence-electron chi connectivity index (χ0n) is 12.5. The first-order valence-corrected chi connectivity index (χ1v) is 7.12. The summed E-state index contributed by atoms with van der Waals surface area (Å²) in [5.74, 6) is 0.153. The van der Waals surface area contributed by atoms with Crippen LogP contribution >= 0.6 is 24.0 Å². The molecule has 22 heavy (non-hydrogen) atoms. The van der Waals surface area contributed by atoms with Crippen molar-refractivity contribution in [2.45, 2.75) is 18.6 Å². The molecule has 2 rings (SSSR count). The van der Waals surface area contributed by atoms with Gasteiger partial charge >= 0.3 is 0 Å². The van der Waals surface area contributed by atoms with Crippen LogP contribution in [-0.4, -0.2) is 45.4 Å². The number of benzene rings is 1. The molecule has 124 valence electrons. The van der Waals surface area contributed by atoms with Gasteiger partial charge in [-0.25, -0.2) is 0 Å². The fraction of sp³-hybridized carbons (Fsp3) is 0.500. The normalized spacial score (nSPS) is 20.9. The number of anilines is 1. The zero-order chi connectivity index (χ0) is 15.4. The van der Waals surface area contributed by atoms with Crippen molar-refractivity contribution in [2.75, 3.05) is 33.0 Å². The van der Waals surface area contributed by atoms with Crippen LogP contribution in [0.4, 0.5) is 5.69 Å². The minimum absolute atomic E-state index is 0. The summed E-state index contributed by atoms with van der Waals surface area (Å²) in [6.45, 7) is 1.55. The van der Waals surface area contributed by atoms with Gasteiger partial charge in [0.1, 0.15) is 5.75 Å². The zero-order valence-corrected chi connectivity index (χ0v) is 14.1. The molecule has 6 nitrogen and oxygen atoms in total. The number of nitrogens with one attached hydrogen (secondary N) is 2. The summed E-state index contributed by atoms with van der Waals surface area (Å²) in [5, 5.41) is 6.53. The third-order valence-corrected chi connectivity index (χ3v) is 3.94. The van der Waals surface area contributed by atoms with E-state index < -0.39 is 0 Å². The highest BCUT2D eigenvalue weighted by Gasteiger charge is 2.27. The molecule has 1 heterocycles. The topological polar surface area (TPSA) is 85.6 Å². The Morgan fingerprint density at radius 2 is 2.18 bits per heavy atom. The summed E-state index contributed by atoms with van der Waals surface area (Å²) >= 11 is 5.99. The van der Waals surface area contributed by atoms with E-state index >= 15 is 0 Å². The van der Waals surface area contributed by atoms with Crippen molar-refractivity contribution in [2.24, 2.45) is 0 Å². The van der Waals surface area contributed by atoms with Crippen LogP contribution in [0, 0.1) is 0 Å². The van der Waals surface area contributed by atoms with E-state index in [2.05, 4.69) is 10.6 Å². The number of nitrogen functional groups attached to an aromatic ring is 1. The summed E-state index contributed by atoms with van der Waals surface area (Å²) in [6.07, 6.45) is 0.743. The Morgan fingerprint density at radius 1 is 1.45 bits per heavy atom. The van der Waals surface area contributed by atoms with E-state index in [4.69, 9.17) is 26.8 Å². The number of amides is 1. The Balaban J connectivity index is 0.00000242. The van der Waals surface area contributed by atoms with Crippen LogP contribution < -0.4 is 21.1 Å². The number of halogens is 2. The number of hydrogen-bond acceptors (Lipinski definition) is 5. The van der Waals surface area contributed by atoms with Gasteiger partial charge in [0, 0.05) is 19.7 Å². The third-order valence-electron chi connectivity index (χ3n) is 3.61. The van der Waals surface area contributed by atoms with Gasteiger partial charge in [0.05, 0.1) is 35.5 Å². The molecule has 1 saturated heterocycles. The first kappa shape index (κ1) is 18.8. The molecule has 2 atom stereocenters. The van der Waals surface area contributed by atoms with E-state index in [9.17, 15) is 4.79 Å². The second-order valence-corrected chi connectivity index (χ2v) is 5.33. The first-order chi connectivity index (χ1) is 10.1. The Labute approximate surface area is 141 Å². The maximum absolute atomic E-state index is 12.5. The molecule has 0 radical (unpaired) electrons. The lowest BCUT2D eigenvalue weighted by Crippen LogP contribution is -2.53. The lowest BCUT2D eigenvalue weighted by molar-refractivity contribution is 0.0476.